The molecule has 1 atom stereocenters. The summed E-state index contributed by atoms with van der Waals surface area (Å²) in [6, 6.07) is 1.46. The summed E-state index contributed by atoms with van der Waals surface area (Å²) in [6.45, 7) is 1.89. The fraction of sp³-hybridized carbons (Fsp3) is 0.417. The maximum Gasteiger partial charge on any atom is 0.310 e. The summed E-state index contributed by atoms with van der Waals surface area (Å²) < 4.78 is 4.61. The number of hydrogen-bond acceptors (Lipinski definition) is 5. The maximum absolute atomic E-state index is 12.2. The van der Waals surface area contributed by atoms with Crippen LogP contribution in [-0.2, 0) is 9.53 Å². The number of nitrogens with two attached hydrogens (primary N) is 1. The third-order valence-corrected chi connectivity index (χ3v) is 2.89. The summed E-state index contributed by atoms with van der Waals surface area (Å²) in [4.78, 5) is 28.7. The Hall–Kier alpha value is -1.82. The van der Waals surface area contributed by atoms with Crippen molar-refractivity contribution in [2.45, 2.75) is 6.92 Å². The molecule has 0 aromatic carbocycles. The Morgan fingerprint density at radius 3 is 2.79 bits per heavy atom. The van der Waals surface area contributed by atoms with Gasteiger partial charge in [0, 0.05) is 13.6 Å². The van der Waals surface area contributed by atoms with Crippen LogP contribution in [0, 0.1) is 5.92 Å². The van der Waals surface area contributed by atoms with E-state index in [1.54, 1.807) is 14.0 Å². The first kappa shape index (κ1) is 15.2. The van der Waals surface area contributed by atoms with Crippen LogP contribution in [0.5, 0.6) is 0 Å². The van der Waals surface area contributed by atoms with Crippen molar-refractivity contribution in [3.8, 4) is 0 Å². The van der Waals surface area contributed by atoms with Crippen LogP contribution in [0.1, 0.15) is 17.3 Å². The lowest BCUT2D eigenvalue weighted by Crippen LogP contribution is -2.34. The molecule has 1 amide bonds. The summed E-state index contributed by atoms with van der Waals surface area (Å²) >= 11 is 5.86. The third-order valence-electron chi connectivity index (χ3n) is 2.59. The van der Waals surface area contributed by atoms with Crippen LogP contribution in [-0.4, -0.2) is 42.5 Å². The first-order valence-corrected chi connectivity index (χ1v) is 5.99. The van der Waals surface area contributed by atoms with Gasteiger partial charge in [0.05, 0.1) is 30.5 Å². The minimum absolute atomic E-state index is 0.0803. The topological polar surface area (TPSA) is 85.5 Å². The number of halogens is 1. The Balaban J connectivity index is 2.82. The molecule has 0 aliphatic heterocycles. The number of esters is 1. The van der Waals surface area contributed by atoms with Crippen molar-refractivity contribution in [2.75, 3.05) is 26.4 Å². The third kappa shape index (κ3) is 3.82. The van der Waals surface area contributed by atoms with Crippen molar-refractivity contribution in [2.24, 2.45) is 5.92 Å². The van der Waals surface area contributed by atoms with E-state index in [1.807, 2.05) is 0 Å². The zero-order chi connectivity index (χ0) is 14.6. The van der Waals surface area contributed by atoms with E-state index in [0.717, 1.165) is 0 Å². The van der Waals surface area contributed by atoms with Gasteiger partial charge in [-0.1, -0.05) is 18.5 Å². The van der Waals surface area contributed by atoms with E-state index in [4.69, 9.17) is 17.3 Å². The van der Waals surface area contributed by atoms with E-state index in [2.05, 4.69) is 9.72 Å². The van der Waals surface area contributed by atoms with Gasteiger partial charge in [0.25, 0.3) is 5.91 Å². The first-order chi connectivity index (χ1) is 8.86. The molecule has 1 rings (SSSR count). The quantitative estimate of drug-likeness (QED) is 0.663. The lowest BCUT2D eigenvalue weighted by atomic mass is 10.1. The number of carbonyl (C=O) groups is 2. The molecular formula is C12H16ClN3O3. The number of carbonyl (C=O) groups excluding carboxylic acids is 2. The second-order valence-electron chi connectivity index (χ2n) is 4.22. The highest BCUT2D eigenvalue weighted by atomic mass is 35.5. The second kappa shape index (κ2) is 6.38. The van der Waals surface area contributed by atoms with Gasteiger partial charge in [0.15, 0.2) is 0 Å². The number of nitrogen functional groups attached to an aromatic ring is 1. The van der Waals surface area contributed by atoms with Crippen LogP contribution >= 0.6 is 11.6 Å². The van der Waals surface area contributed by atoms with E-state index in [9.17, 15) is 9.59 Å². The Morgan fingerprint density at radius 1 is 1.58 bits per heavy atom. The summed E-state index contributed by atoms with van der Waals surface area (Å²) in [6.07, 6.45) is 1.37. The fourth-order valence-corrected chi connectivity index (χ4v) is 1.77. The molecule has 1 aromatic heterocycles. The second-order valence-corrected chi connectivity index (χ2v) is 4.57. The highest BCUT2D eigenvalue weighted by Gasteiger charge is 2.21. The standard InChI is InChI=1S/C12H16ClN3O3/c1-7(12(18)19-3)6-16(2)11(17)9-4-8(14)5-15-10(9)13/h4-5,7H,6,14H2,1-3H3. The lowest BCUT2D eigenvalue weighted by Gasteiger charge is -2.20. The van der Waals surface area contributed by atoms with Gasteiger partial charge in [-0.15, -0.1) is 0 Å². The normalized spacial score (nSPS) is 11.8. The molecule has 0 saturated heterocycles. The van der Waals surface area contributed by atoms with Gasteiger partial charge in [0.1, 0.15) is 5.15 Å². The molecule has 0 saturated carbocycles. The molecule has 0 aliphatic carbocycles. The lowest BCUT2D eigenvalue weighted by molar-refractivity contribution is -0.145. The molecular weight excluding hydrogens is 270 g/mol. The first-order valence-electron chi connectivity index (χ1n) is 5.61. The average molecular weight is 286 g/mol. The molecule has 1 unspecified atom stereocenters. The van der Waals surface area contributed by atoms with Crippen LogP contribution in [0.4, 0.5) is 5.69 Å². The highest BCUT2D eigenvalue weighted by Crippen LogP contribution is 2.17. The van der Waals surface area contributed by atoms with Gasteiger partial charge in [-0.05, 0) is 6.07 Å². The van der Waals surface area contributed by atoms with E-state index in [-0.39, 0.29) is 29.1 Å². The number of nitrogens with zero attached hydrogens (tertiary/aromatic N) is 2. The molecule has 1 aromatic rings. The van der Waals surface area contributed by atoms with Crippen LogP contribution in [0.25, 0.3) is 0 Å². The molecule has 0 bridgehead atoms. The summed E-state index contributed by atoms with van der Waals surface area (Å²) in [5.41, 5.74) is 6.13. The molecule has 0 aliphatic rings. The molecule has 6 nitrogen and oxygen atoms in total. The van der Waals surface area contributed by atoms with Crippen molar-refractivity contribution >= 4 is 29.2 Å². The van der Waals surface area contributed by atoms with Crippen LogP contribution in [0.3, 0.4) is 0 Å². The molecule has 0 fully saturated rings. The summed E-state index contributed by atoms with van der Waals surface area (Å²) in [5, 5.41) is 0.0803. The Bertz CT molecular complexity index is 493. The average Bonchev–Trinajstić information content (AvgIpc) is 2.39. The number of pyridine rings is 1. The van der Waals surface area contributed by atoms with Crippen molar-refractivity contribution in [1.29, 1.82) is 0 Å². The van der Waals surface area contributed by atoms with Crippen LogP contribution < -0.4 is 5.73 Å². The van der Waals surface area contributed by atoms with E-state index >= 15 is 0 Å². The van der Waals surface area contributed by atoms with E-state index in [0.29, 0.717) is 5.69 Å². The van der Waals surface area contributed by atoms with Gasteiger partial charge >= 0.3 is 5.97 Å². The van der Waals surface area contributed by atoms with E-state index in [1.165, 1.54) is 24.3 Å². The summed E-state index contributed by atoms with van der Waals surface area (Å²) in [7, 11) is 2.88. The maximum atomic E-state index is 12.2. The number of amides is 1. The Morgan fingerprint density at radius 2 is 2.21 bits per heavy atom. The molecule has 1 heterocycles. The van der Waals surface area contributed by atoms with Crippen LogP contribution in [0.15, 0.2) is 12.3 Å². The highest BCUT2D eigenvalue weighted by molar-refractivity contribution is 6.32. The minimum Gasteiger partial charge on any atom is -0.469 e. The number of methoxy groups -OCH3 is 1. The smallest absolute Gasteiger partial charge is 0.310 e. The molecule has 104 valence electrons. The number of ether oxygens (including phenoxy) is 1. The number of hydrogen-bond donors (Lipinski definition) is 1. The van der Waals surface area contributed by atoms with Gasteiger partial charge in [-0.3, -0.25) is 9.59 Å². The van der Waals surface area contributed by atoms with Crippen molar-refractivity contribution in [3.63, 3.8) is 0 Å². The molecule has 2 N–H and O–H groups in total. The number of anilines is 1. The fourth-order valence-electron chi connectivity index (χ4n) is 1.59. The van der Waals surface area contributed by atoms with Crippen molar-refractivity contribution in [1.82, 2.24) is 9.88 Å². The van der Waals surface area contributed by atoms with E-state index < -0.39 is 5.92 Å². The van der Waals surface area contributed by atoms with Crippen LogP contribution in [0.2, 0.25) is 5.15 Å². The van der Waals surface area contributed by atoms with Gasteiger partial charge in [0.2, 0.25) is 0 Å². The van der Waals surface area contributed by atoms with Gasteiger partial charge in [-0.25, -0.2) is 4.98 Å². The SMILES string of the molecule is COC(=O)C(C)CN(C)C(=O)c1cc(N)cnc1Cl. The van der Waals surface area contributed by atoms with Crippen molar-refractivity contribution < 1.29 is 14.3 Å². The zero-order valence-electron chi connectivity index (χ0n) is 11.0. The minimum atomic E-state index is -0.424. The molecule has 0 spiro atoms. The number of rotatable bonds is 4. The van der Waals surface area contributed by atoms with Gasteiger partial charge in [-0.2, -0.15) is 0 Å². The predicted octanol–water partition coefficient (Wildman–Crippen LogP) is 1.20. The molecule has 7 heteroatoms. The van der Waals surface area contributed by atoms with Crippen molar-refractivity contribution in [3.05, 3.63) is 23.0 Å². The monoisotopic (exact) mass is 285 g/mol. The Kier molecular flexibility index (Phi) is 5.11. The zero-order valence-corrected chi connectivity index (χ0v) is 11.8. The summed E-state index contributed by atoms with van der Waals surface area (Å²) in [5.74, 6) is -1.15. The Labute approximate surface area is 116 Å². The number of aromatic nitrogens is 1. The molecule has 19 heavy (non-hydrogen) atoms. The largest absolute Gasteiger partial charge is 0.469 e. The molecule has 0 radical (unpaired) electrons. The predicted molar refractivity (Wildman–Crippen MR) is 71.8 cm³/mol. The van der Waals surface area contributed by atoms with Gasteiger partial charge < -0.3 is 15.4 Å².